The molecule has 1 N–H and O–H groups in total. The fraction of sp³-hybridized carbons (Fsp3) is 0.471. The molecule has 1 amide bonds. The van der Waals surface area contributed by atoms with Gasteiger partial charge >= 0.3 is 0 Å². The number of carbonyl (C=O) groups excluding carboxylic acids is 1. The largest absolute Gasteiger partial charge is 0.493 e. The third-order valence-electron chi connectivity index (χ3n) is 3.38. The zero-order valence-electron chi connectivity index (χ0n) is 13.7. The summed E-state index contributed by atoms with van der Waals surface area (Å²) in [4.78, 5) is 12.3. The van der Waals surface area contributed by atoms with E-state index in [-0.39, 0.29) is 18.6 Å². The van der Waals surface area contributed by atoms with Crippen molar-refractivity contribution in [3.8, 4) is 29.6 Å². The monoisotopic (exact) mass is 305 g/mol. The van der Waals surface area contributed by atoms with E-state index in [1.54, 1.807) is 12.1 Å². The van der Waals surface area contributed by atoms with Crippen LogP contribution >= 0.6 is 0 Å². The predicted molar refractivity (Wildman–Crippen MR) is 85.6 cm³/mol. The first-order valence-electron chi connectivity index (χ1n) is 7.07. The summed E-state index contributed by atoms with van der Waals surface area (Å²) in [7, 11) is 2.99. The Morgan fingerprint density at radius 2 is 1.77 bits per heavy atom. The van der Waals surface area contributed by atoms with Crippen molar-refractivity contribution >= 4 is 5.91 Å². The standard InChI is InChI=1S/C17H23NO4/c1-7-8-22-16-14(20-5)9-13(10-15(16)21-6)17(19)18-12(4)11(2)3/h1,9-12H,8H2,2-6H3,(H,18,19). The minimum absolute atomic E-state index is 0.0573. The molecule has 120 valence electrons. The number of amides is 1. The Balaban J connectivity index is 3.12. The average Bonchev–Trinajstić information content (AvgIpc) is 2.51. The van der Waals surface area contributed by atoms with E-state index in [1.165, 1.54) is 14.2 Å². The number of terminal acetylenes is 1. The first-order valence-corrected chi connectivity index (χ1v) is 7.07. The maximum Gasteiger partial charge on any atom is 0.251 e. The number of hydrogen-bond donors (Lipinski definition) is 1. The molecule has 0 radical (unpaired) electrons. The van der Waals surface area contributed by atoms with Crippen molar-refractivity contribution in [1.29, 1.82) is 0 Å². The number of nitrogens with one attached hydrogen (secondary N) is 1. The van der Waals surface area contributed by atoms with Gasteiger partial charge in [-0.2, -0.15) is 0 Å². The van der Waals surface area contributed by atoms with Gasteiger partial charge in [0.1, 0.15) is 6.61 Å². The first-order chi connectivity index (χ1) is 10.4. The quantitative estimate of drug-likeness (QED) is 0.786. The van der Waals surface area contributed by atoms with Crippen molar-refractivity contribution in [2.24, 2.45) is 5.92 Å². The molecule has 5 nitrogen and oxygen atoms in total. The van der Waals surface area contributed by atoms with Gasteiger partial charge in [-0.05, 0) is 25.0 Å². The van der Waals surface area contributed by atoms with E-state index in [9.17, 15) is 4.79 Å². The molecular weight excluding hydrogens is 282 g/mol. The molecule has 0 aliphatic heterocycles. The Morgan fingerprint density at radius 3 is 2.18 bits per heavy atom. The molecule has 22 heavy (non-hydrogen) atoms. The molecule has 1 rings (SSSR count). The van der Waals surface area contributed by atoms with Crippen LogP contribution in [0.1, 0.15) is 31.1 Å². The van der Waals surface area contributed by atoms with Crippen LogP contribution in [0.25, 0.3) is 0 Å². The molecule has 0 heterocycles. The lowest BCUT2D eigenvalue weighted by molar-refractivity contribution is 0.0929. The van der Waals surface area contributed by atoms with Crippen molar-refractivity contribution in [2.75, 3.05) is 20.8 Å². The smallest absolute Gasteiger partial charge is 0.251 e. The highest BCUT2D eigenvalue weighted by Gasteiger charge is 2.19. The van der Waals surface area contributed by atoms with Gasteiger partial charge in [-0.15, -0.1) is 6.42 Å². The van der Waals surface area contributed by atoms with Gasteiger partial charge < -0.3 is 19.5 Å². The minimum Gasteiger partial charge on any atom is -0.493 e. The van der Waals surface area contributed by atoms with Crippen LogP contribution in [0.5, 0.6) is 17.2 Å². The van der Waals surface area contributed by atoms with Gasteiger partial charge in [0.05, 0.1) is 14.2 Å². The van der Waals surface area contributed by atoms with Crippen molar-refractivity contribution in [3.05, 3.63) is 17.7 Å². The molecule has 5 heteroatoms. The third-order valence-corrected chi connectivity index (χ3v) is 3.38. The maximum atomic E-state index is 12.3. The van der Waals surface area contributed by atoms with Gasteiger partial charge in [0.2, 0.25) is 5.75 Å². The third kappa shape index (κ3) is 4.32. The van der Waals surface area contributed by atoms with Crippen LogP contribution in [0.15, 0.2) is 12.1 Å². The van der Waals surface area contributed by atoms with E-state index < -0.39 is 0 Å². The molecule has 0 saturated heterocycles. The Bertz CT molecular complexity index is 535. The summed E-state index contributed by atoms with van der Waals surface area (Å²) in [5, 5.41) is 2.94. The zero-order chi connectivity index (χ0) is 16.7. The molecule has 0 spiro atoms. The topological polar surface area (TPSA) is 56.8 Å². The van der Waals surface area contributed by atoms with E-state index >= 15 is 0 Å². The molecule has 1 aromatic carbocycles. The normalized spacial score (nSPS) is 11.5. The van der Waals surface area contributed by atoms with Crippen molar-refractivity contribution in [3.63, 3.8) is 0 Å². The van der Waals surface area contributed by atoms with Crippen molar-refractivity contribution < 1.29 is 19.0 Å². The minimum atomic E-state index is -0.193. The molecule has 0 saturated carbocycles. The molecule has 1 aromatic rings. The summed E-state index contributed by atoms with van der Waals surface area (Å²) in [5.74, 6) is 3.71. The van der Waals surface area contributed by atoms with Crippen LogP contribution in [0.2, 0.25) is 0 Å². The summed E-state index contributed by atoms with van der Waals surface area (Å²) in [5.41, 5.74) is 0.439. The molecule has 0 aliphatic carbocycles. The van der Waals surface area contributed by atoms with E-state index in [4.69, 9.17) is 20.6 Å². The lowest BCUT2D eigenvalue weighted by atomic mass is 10.1. The summed E-state index contributed by atoms with van der Waals surface area (Å²) in [6.07, 6.45) is 5.20. The second-order valence-electron chi connectivity index (χ2n) is 5.21. The molecule has 0 aromatic heterocycles. The van der Waals surface area contributed by atoms with Crippen LogP contribution in [-0.4, -0.2) is 32.8 Å². The lowest BCUT2D eigenvalue weighted by Crippen LogP contribution is -2.36. The SMILES string of the molecule is C#CCOc1c(OC)cc(C(=O)NC(C)C(C)C)cc1OC. The zero-order valence-corrected chi connectivity index (χ0v) is 13.7. The summed E-state index contributed by atoms with van der Waals surface area (Å²) >= 11 is 0. The number of rotatable bonds is 7. The Hall–Kier alpha value is -2.35. The summed E-state index contributed by atoms with van der Waals surface area (Å²) in [6, 6.07) is 3.27. The number of methoxy groups -OCH3 is 2. The highest BCUT2D eigenvalue weighted by molar-refractivity contribution is 5.95. The summed E-state index contributed by atoms with van der Waals surface area (Å²) < 4.78 is 16.0. The van der Waals surface area contributed by atoms with Gasteiger partial charge in [-0.25, -0.2) is 0 Å². The van der Waals surface area contributed by atoms with Gasteiger partial charge in [-0.3, -0.25) is 4.79 Å². The molecule has 1 unspecified atom stereocenters. The van der Waals surface area contributed by atoms with Gasteiger partial charge in [0.15, 0.2) is 11.5 Å². The second kappa shape index (κ2) is 8.18. The molecule has 0 aliphatic rings. The number of benzene rings is 1. The average molecular weight is 305 g/mol. The van der Waals surface area contributed by atoms with Crippen molar-refractivity contribution in [1.82, 2.24) is 5.32 Å². The van der Waals surface area contributed by atoms with E-state index in [0.29, 0.717) is 28.7 Å². The van der Waals surface area contributed by atoms with Crippen molar-refractivity contribution in [2.45, 2.75) is 26.8 Å². The predicted octanol–water partition coefficient (Wildman–Crippen LogP) is 2.49. The van der Waals surface area contributed by atoms with Crippen LogP contribution in [-0.2, 0) is 0 Å². The lowest BCUT2D eigenvalue weighted by Gasteiger charge is -2.19. The number of hydrogen-bond acceptors (Lipinski definition) is 4. The van der Waals surface area contributed by atoms with E-state index in [0.717, 1.165) is 0 Å². The van der Waals surface area contributed by atoms with Gasteiger partial charge in [0, 0.05) is 11.6 Å². The molecule has 0 fully saturated rings. The number of ether oxygens (including phenoxy) is 3. The van der Waals surface area contributed by atoms with Gasteiger partial charge in [-0.1, -0.05) is 19.8 Å². The maximum absolute atomic E-state index is 12.3. The van der Waals surface area contributed by atoms with E-state index in [2.05, 4.69) is 11.2 Å². The van der Waals surface area contributed by atoms with Gasteiger partial charge in [0.25, 0.3) is 5.91 Å². The number of carbonyl (C=O) groups is 1. The fourth-order valence-corrected chi connectivity index (χ4v) is 1.72. The van der Waals surface area contributed by atoms with E-state index in [1.807, 2.05) is 20.8 Å². The summed E-state index contributed by atoms with van der Waals surface area (Å²) in [6.45, 7) is 6.13. The van der Waals surface area contributed by atoms with Crippen LogP contribution < -0.4 is 19.5 Å². The fourth-order valence-electron chi connectivity index (χ4n) is 1.72. The Labute approximate surface area is 131 Å². The highest BCUT2D eigenvalue weighted by atomic mass is 16.5. The Kier molecular flexibility index (Phi) is 6.58. The second-order valence-corrected chi connectivity index (χ2v) is 5.21. The Morgan fingerprint density at radius 1 is 1.23 bits per heavy atom. The molecule has 0 bridgehead atoms. The molecular formula is C17H23NO4. The molecule has 1 atom stereocenters. The first kappa shape index (κ1) is 17.7. The van der Waals surface area contributed by atoms with Crippen LogP contribution in [0.4, 0.5) is 0 Å². The van der Waals surface area contributed by atoms with Crippen LogP contribution in [0, 0.1) is 18.3 Å². The highest BCUT2D eigenvalue weighted by Crippen LogP contribution is 2.38. The van der Waals surface area contributed by atoms with Crippen LogP contribution in [0.3, 0.4) is 0 Å².